The Morgan fingerprint density at radius 3 is 2.90 bits per heavy atom. The molecule has 3 rings (SSSR count). The van der Waals surface area contributed by atoms with Crippen molar-refractivity contribution in [2.45, 2.75) is 6.54 Å². The molecule has 1 aromatic carbocycles. The molecule has 0 unspecified atom stereocenters. The first-order valence-electron chi connectivity index (χ1n) is 6.19. The number of benzene rings is 1. The van der Waals surface area contributed by atoms with Crippen molar-refractivity contribution in [3.8, 4) is 0 Å². The quantitative estimate of drug-likeness (QED) is 0.807. The van der Waals surface area contributed by atoms with Gasteiger partial charge in [-0.2, -0.15) is 0 Å². The first-order chi connectivity index (χ1) is 9.74. The van der Waals surface area contributed by atoms with Crippen molar-refractivity contribution >= 4 is 22.6 Å². The highest BCUT2D eigenvalue weighted by Crippen LogP contribution is 2.17. The van der Waals surface area contributed by atoms with Crippen LogP contribution in [0.15, 0.2) is 53.3 Å². The number of aliphatic hydroxyl groups excluding tert-OH is 1. The summed E-state index contributed by atoms with van der Waals surface area (Å²) in [5.41, 5.74) is 3.34. The second-order valence-electron chi connectivity index (χ2n) is 4.43. The molecule has 0 amide bonds. The van der Waals surface area contributed by atoms with Crippen molar-refractivity contribution in [1.82, 2.24) is 20.6 Å². The molecule has 1 aromatic heterocycles. The van der Waals surface area contributed by atoms with E-state index < -0.39 is 0 Å². The van der Waals surface area contributed by atoms with E-state index in [2.05, 4.69) is 20.6 Å². The predicted octanol–water partition coefficient (Wildman–Crippen LogP) is 2.17. The summed E-state index contributed by atoms with van der Waals surface area (Å²) in [4.78, 5) is 8.49. The third kappa shape index (κ3) is 2.53. The van der Waals surface area contributed by atoms with Gasteiger partial charge in [0.25, 0.3) is 0 Å². The first kappa shape index (κ1) is 12.7. The second kappa shape index (κ2) is 5.38. The number of dihydropyridines is 1. The molecule has 0 saturated carbocycles. The number of aliphatic hydroxyl groups is 1. The average Bonchev–Trinajstić information content (AvgIpc) is 2.48. The Labute approximate surface area is 121 Å². The van der Waals surface area contributed by atoms with Gasteiger partial charge in [0.1, 0.15) is 0 Å². The van der Waals surface area contributed by atoms with Gasteiger partial charge in [0.15, 0.2) is 5.76 Å². The van der Waals surface area contributed by atoms with Crippen LogP contribution in [-0.4, -0.2) is 21.6 Å². The Morgan fingerprint density at radius 1 is 1.25 bits per heavy atom. The zero-order chi connectivity index (χ0) is 13.9. The van der Waals surface area contributed by atoms with E-state index in [1.807, 2.05) is 18.2 Å². The van der Waals surface area contributed by atoms with Crippen molar-refractivity contribution in [2.24, 2.45) is 0 Å². The zero-order valence-electron chi connectivity index (χ0n) is 10.6. The Bertz CT molecular complexity index is 711. The van der Waals surface area contributed by atoms with Gasteiger partial charge in [-0.25, -0.2) is 0 Å². The van der Waals surface area contributed by atoms with Gasteiger partial charge in [-0.05, 0) is 17.7 Å². The molecule has 20 heavy (non-hydrogen) atoms. The summed E-state index contributed by atoms with van der Waals surface area (Å²) in [5, 5.41) is 16.4. The lowest BCUT2D eigenvalue weighted by Crippen LogP contribution is -2.24. The molecule has 0 radical (unpaired) electrons. The van der Waals surface area contributed by atoms with E-state index in [-0.39, 0.29) is 5.76 Å². The summed E-state index contributed by atoms with van der Waals surface area (Å²) in [6.45, 7) is 1.01. The second-order valence-corrected chi connectivity index (χ2v) is 4.88. The largest absolute Gasteiger partial charge is 0.504 e. The molecule has 0 saturated heterocycles. The van der Waals surface area contributed by atoms with Gasteiger partial charge in [0.05, 0.1) is 28.3 Å². The third-order valence-electron chi connectivity index (χ3n) is 3.03. The van der Waals surface area contributed by atoms with Gasteiger partial charge in [-0.1, -0.05) is 17.7 Å². The van der Waals surface area contributed by atoms with Gasteiger partial charge in [0, 0.05) is 25.1 Å². The van der Waals surface area contributed by atoms with Crippen molar-refractivity contribution in [2.75, 3.05) is 6.54 Å². The van der Waals surface area contributed by atoms with Crippen LogP contribution in [0.5, 0.6) is 0 Å². The summed E-state index contributed by atoms with van der Waals surface area (Å²) < 4.78 is 0. The van der Waals surface area contributed by atoms with Crippen LogP contribution in [0.3, 0.4) is 0 Å². The van der Waals surface area contributed by atoms with Crippen molar-refractivity contribution in [3.05, 3.63) is 58.8 Å². The van der Waals surface area contributed by atoms with E-state index in [0.717, 1.165) is 16.6 Å². The molecule has 102 valence electrons. The van der Waals surface area contributed by atoms with E-state index in [9.17, 15) is 5.11 Å². The van der Waals surface area contributed by atoms with Crippen molar-refractivity contribution in [3.63, 3.8) is 0 Å². The summed E-state index contributed by atoms with van der Waals surface area (Å²) in [5.74, 6) is 0.0889. The maximum absolute atomic E-state index is 9.84. The maximum atomic E-state index is 9.84. The summed E-state index contributed by atoms with van der Waals surface area (Å²) in [6, 6.07) is 5.87. The molecule has 0 spiro atoms. The van der Waals surface area contributed by atoms with Crippen LogP contribution in [0, 0.1) is 0 Å². The molecule has 0 atom stereocenters. The Kier molecular flexibility index (Phi) is 3.43. The van der Waals surface area contributed by atoms with E-state index in [1.165, 1.54) is 0 Å². The van der Waals surface area contributed by atoms with Gasteiger partial charge in [0.2, 0.25) is 0 Å². The number of nitrogens with zero attached hydrogens (tertiary/aromatic N) is 2. The molecule has 0 aliphatic carbocycles. The lowest BCUT2D eigenvalue weighted by atomic mass is 10.2. The molecule has 6 heteroatoms. The number of nitrogens with one attached hydrogen (secondary N) is 2. The minimum Gasteiger partial charge on any atom is -0.504 e. The lowest BCUT2D eigenvalue weighted by molar-refractivity contribution is 0.404. The van der Waals surface area contributed by atoms with E-state index in [4.69, 9.17) is 11.6 Å². The van der Waals surface area contributed by atoms with E-state index in [0.29, 0.717) is 23.8 Å². The summed E-state index contributed by atoms with van der Waals surface area (Å²) in [6.07, 6.45) is 5.05. The van der Waals surface area contributed by atoms with Crippen LogP contribution in [0.2, 0.25) is 0 Å². The summed E-state index contributed by atoms with van der Waals surface area (Å²) >= 11 is 5.89. The summed E-state index contributed by atoms with van der Waals surface area (Å²) in [7, 11) is 0. The average molecular weight is 289 g/mol. The normalized spacial score (nSPS) is 14.9. The highest BCUT2D eigenvalue weighted by atomic mass is 35.5. The van der Waals surface area contributed by atoms with Gasteiger partial charge in [-0.3, -0.25) is 9.97 Å². The zero-order valence-corrected chi connectivity index (χ0v) is 11.4. The van der Waals surface area contributed by atoms with Gasteiger partial charge < -0.3 is 15.7 Å². The molecular weight excluding hydrogens is 276 g/mol. The van der Waals surface area contributed by atoms with E-state index in [1.54, 1.807) is 18.6 Å². The molecule has 2 aromatic rings. The fourth-order valence-corrected chi connectivity index (χ4v) is 2.17. The standard InChI is InChI=1S/C14H13ClN4O/c15-10-7-16-8-13(14(10)20)19-6-9-1-2-11-12(5-9)18-4-3-17-11/h1-5,8,16,19-20H,6-7H2. The predicted molar refractivity (Wildman–Crippen MR) is 78.0 cm³/mol. The van der Waals surface area contributed by atoms with Crippen LogP contribution in [-0.2, 0) is 6.54 Å². The number of halogens is 1. The topological polar surface area (TPSA) is 70.1 Å². The first-order valence-corrected chi connectivity index (χ1v) is 6.57. The Morgan fingerprint density at radius 2 is 2.05 bits per heavy atom. The van der Waals surface area contributed by atoms with Gasteiger partial charge >= 0.3 is 0 Å². The minimum atomic E-state index is 0.0889. The number of fused-ring (bicyclic) bond motifs is 1. The highest BCUT2D eigenvalue weighted by molar-refractivity contribution is 6.30. The van der Waals surface area contributed by atoms with Crippen LogP contribution >= 0.6 is 11.6 Å². The number of rotatable bonds is 3. The lowest BCUT2D eigenvalue weighted by Gasteiger charge is -2.17. The molecule has 0 bridgehead atoms. The monoisotopic (exact) mass is 288 g/mol. The van der Waals surface area contributed by atoms with Crippen LogP contribution < -0.4 is 10.6 Å². The molecule has 1 aliphatic rings. The Balaban J connectivity index is 1.76. The molecular formula is C14H13ClN4O. The van der Waals surface area contributed by atoms with Crippen LogP contribution in [0.25, 0.3) is 11.0 Å². The maximum Gasteiger partial charge on any atom is 0.156 e. The molecule has 2 heterocycles. The fraction of sp³-hybridized carbons (Fsp3) is 0.143. The molecule has 3 N–H and O–H groups in total. The number of hydrogen-bond acceptors (Lipinski definition) is 5. The van der Waals surface area contributed by atoms with Crippen molar-refractivity contribution < 1.29 is 5.11 Å². The smallest absolute Gasteiger partial charge is 0.156 e. The highest BCUT2D eigenvalue weighted by Gasteiger charge is 2.13. The van der Waals surface area contributed by atoms with E-state index >= 15 is 0 Å². The number of aromatic nitrogens is 2. The third-order valence-corrected chi connectivity index (χ3v) is 3.35. The van der Waals surface area contributed by atoms with Crippen LogP contribution in [0.1, 0.15) is 5.56 Å². The minimum absolute atomic E-state index is 0.0889. The van der Waals surface area contributed by atoms with Crippen molar-refractivity contribution in [1.29, 1.82) is 0 Å². The van der Waals surface area contributed by atoms with Crippen LogP contribution in [0.4, 0.5) is 0 Å². The molecule has 0 fully saturated rings. The van der Waals surface area contributed by atoms with Gasteiger partial charge in [-0.15, -0.1) is 0 Å². The Hall–Kier alpha value is -2.27. The molecule has 5 nitrogen and oxygen atoms in total. The fourth-order valence-electron chi connectivity index (χ4n) is 1.99. The SMILES string of the molecule is OC1=C(Cl)CNC=C1NCc1ccc2nccnc2c1. The molecule has 1 aliphatic heterocycles. The number of hydrogen-bond donors (Lipinski definition) is 3.